The molecule has 2 aromatic carbocycles. The van der Waals surface area contributed by atoms with Gasteiger partial charge in [-0.3, -0.25) is 7.05 Å². The van der Waals surface area contributed by atoms with Gasteiger partial charge in [-0.25, -0.2) is 9.18 Å². The van der Waals surface area contributed by atoms with Gasteiger partial charge in [-0.05, 0) is 60.0 Å². The number of benzene rings is 2. The number of carboxylic acids is 1. The number of anilines is 1. The summed E-state index contributed by atoms with van der Waals surface area (Å²) in [6.45, 7) is 9.82. The van der Waals surface area contributed by atoms with E-state index >= 15 is 0 Å². The van der Waals surface area contributed by atoms with Gasteiger partial charge in [0.25, 0.3) is 0 Å². The van der Waals surface area contributed by atoms with Crippen LogP contribution in [0.2, 0.25) is 0 Å². The molecule has 0 radical (unpaired) electrons. The van der Waals surface area contributed by atoms with E-state index in [1.807, 2.05) is 38.1 Å². The van der Waals surface area contributed by atoms with Crippen LogP contribution in [-0.4, -0.2) is 11.1 Å². The zero-order chi connectivity index (χ0) is 20.6. The van der Waals surface area contributed by atoms with E-state index in [0.717, 1.165) is 22.8 Å². The van der Waals surface area contributed by atoms with E-state index in [4.69, 9.17) is 12.6 Å². The third kappa shape index (κ3) is 6.37. The van der Waals surface area contributed by atoms with E-state index in [1.54, 1.807) is 12.1 Å². The fourth-order valence-electron chi connectivity index (χ4n) is 2.57. The molecule has 0 saturated carbocycles. The number of carboxylic acid groups (broad SMARTS) is 1. The summed E-state index contributed by atoms with van der Waals surface area (Å²) >= 11 is 5.37. The number of carbonyl (C=O) groups is 1. The van der Waals surface area contributed by atoms with Crippen molar-refractivity contribution in [1.82, 2.24) is 0 Å². The second-order valence-electron chi connectivity index (χ2n) is 5.31. The van der Waals surface area contributed by atoms with Crippen LogP contribution in [0.3, 0.4) is 0 Å². The molecule has 2 rings (SSSR count). The Labute approximate surface area is 214 Å². The molecule has 28 heavy (non-hydrogen) atoms. The molecule has 2 N–H and O–H groups in total. The standard InChI is InChI=1S/C20H19FNO2S.C2H4.K/c1-4-6-12(5-2)14-10-18(22-3)19(25)11-15(14)13-7-8-17(21)16(9-13)20(23)24;1-2;/h4-11,22,25H,3H2,1-2H3,(H,23,24);1-2H2;/q-1;;+1/p-1/b6-4-,12-5+;;. The van der Waals surface area contributed by atoms with Gasteiger partial charge in [0.05, 0.1) is 5.56 Å². The zero-order valence-corrected chi connectivity index (χ0v) is 20.3. The average Bonchev–Trinajstić information content (AvgIpc) is 2.68. The summed E-state index contributed by atoms with van der Waals surface area (Å²) in [5.74, 6) is -2.08. The van der Waals surface area contributed by atoms with Crippen LogP contribution in [0.1, 0.15) is 29.8 Å². The van der Waals surface area contributed by atoms with Crippen LogP contribution in [0.25, 0.3) is 16.7 Å². The number of hydrogen-bond donors (Lipinski definition) is 2. The van der Waals surface area contributed by atoms with Gasteiger partial charge in [-0.2, -0.15) is 4.90 Å². The molecule has 3 nitrogen and oxygen atoms in total. The predicted octanol–water partition coefficient (Wildman–Crippen LogP) is 3.09. The minimum atomic E-state index is -1.31. The van der Waals surface area contributed by atoms with Crippen LogP contribution < -0.4 is 56.7 Å². The summed E-state index contributed by atoms with van der Waals surface area (Å²) in [6.07, 6.45) is 5.79. The Kier molecular flexibility index (Phi) is 12.4. The van der Waals surface area contributed by atoms with Gasteiger partial charge < -0.3 is 23.1 Å². The third-order valence-corrected chi connectivity index (χ3v) is 4.12. The first kappa shape index (κ1) is 26.7. The molecule has 0 aliphatic rings. The molecule has 2 aromatic rings. The van der Waals surface area contributed by atoms with Crippen LogP contribution in [0.5, 0.6) is 0 Å². The van der Waals surface area contributed by atoms with E-state index in [2.05, 4.69) is 25.5 Å². The summed E-state index contributed by atoms with van der Waals surface area (Å²) in [5.41, 5.74) is 3.42. The predicted molar refractivity (Wildman–Crippen MR) is 113 cm³/mol. The summed E-state index contributed by atoms with van der Waals surface area (Å²) in [4.78, 5) is 11.8. The Morgan fingerprint density at radius 1 is 1.21 bits per heavy atom. The molecule has 0 saturated heterocycles. The quantitative estimate of drug-likeness (QED) is 0.256. The van der Waals surface area contributed by atoms with Crippen molar-refractivity contribution in [3.05, 3.63) is 85.7 Å². The number of allylic oxidation sites excluding steroid dienone is 4. The minimum Gasteiger partial charge on any atom is -0.778 e. The van der Waals surface area contributed by atoms with Crippen LogP contribution in [0.15, 0.2) is 66.6 Å². The molecule has 0 aliphatic heterocycles. The summed E-state index contributed by atoms with van der Waals surface area (Å²) in [7, 11) is 3.66. The van der Waals surface area contributed by atoms with Crippen molar-refractivity contribution in [3.63, 3.8) is 0 Å². The van der Waals surface area contributed by atoms with Gasteiger partial charge in [0.1, 0.15) is 5.82 Å². The molecule has 142 valence electrons. The van der Waals surface area contributed by atoms with Gasteiger partial charge in [0, 0.05) is 0 Å². The fourth-order valence-corrected chi connectivity index (χ4v) is 2.82. The first-order valence-electron chi connectivity index (χ1n) is 8.13. The second-order valence-corrected chi connectivity index (χ2v) is 5.75. The maximum atomic E-state index is 13.7. The monoisotopic (exact) mass is 422 g/mol. The second kappa shape index (κ2) is 13.0. The molecule has 0 fully saturated rings. The summed E-state index contributed by atoms with van der Waals surface area (Å²) in [6, 6.07) is 7.67. The van der Waals surface area contributed by atoms with E-state index in [-0.39, 0.29) is 56.9 Å². The van der Waals surface area contributed by atoms with Gasteiger partial charge >= 0.3 is 57.4 Å². The van der Waals surface area contributed by atoms with E-state index in [9.17, 15) is 14.3 Å². The molecular weight excluding hydrogens is 400 g/mol. The van der Waals surface area contributed by atoms with E-state index < -0.39 is 11.8 Å². The van der Waals surface area contributed by atoms with E-state index in [0.29, 0.717) is 16.1 Å². The Balaban J connectivity index is 0.00000235. The number of hydrogen-bond acceptors (Lipinski definition) is 3. The van der Waals surface area contributed by atoms with Gasteiger partial charge in [0.15, 0.2) is 0 Å². The number of rotatable bonds is 5. The van der Waals surface area contributed by atoms with Crippen LogP contribution >= 0.6 is 0 Å². The Hall–Kier alpha value is -1.28. The van der Waals surface area contributed by atoms with Crippen LogP contribution in [0, 0.1) is 12.9 Å². The average molecular weight is 423 g/mol. The third-order valence-electron chi connectivity index (χ3n) is 3.79. The zero-order valence-electron chi connectivity index (χ0n) is 16.4. The maximum Gasteiger partial charge on any atom is 1.00 e. The van der Waals surface area contributed by atoms with Crippen LogP contribution in [0.4, 0.5) is 10.1 Å². The van der Waals surface area contributed by atoms with E-state index in [1.165, 1.54) is 6.07 Å². The molecular formula is C22H22FKNO2S-. The van der Waals surface area contributed by atoms with Crippen molar-refractivity contribution in [2.75, 3.05) is 5.32 Å². The number of nitrogens with one attached hydrogen (secondary N) is 1. The maximum absolute atomic E-state index is 13.7. The van der Waals surface area contributed by atoms with Crippen LogP contribution in [-0.2, 0) is 12.6 Å². The minimum absolute atomic E-state index is 0. The first-order valence-corrected chi connectivity index (χ1v) is 8.54. The van der Waals surface area contributed by atoms with Gasteiger partial charge in [-0.15, -0.1) is 13.2 Å². The normalized spacial score (nSPS) is 10.6. The number of aromatic carboxylic acids is 1. The van der Waals surface area contributed by atoms with Crippen molar-refractivity contribution >= 4 is 29.9 Å². The Morgan fingerprint density at radius 3 is 2.36 bits per heavy atom. The molecule has 0 aliphatic carbocycles. The van der Waals surface area contributed by atoms with Gasteiger partial charge in [-0.1, -0.05) is 30.4 Å². The molecule has 0 heterocycles. The molecule has 0 bridgehead atoms. The van der Waals surface area contributed by atoms with Crippen molar-refractivity contribution in [1.29, 1.82) is 0 Å². The molecule has 0 aromatic heterocycles. The first-order chi connectivity index (χ1) is 12.9. The largest absolute Gasteiger partial charge is 1.00 e. The Bertz CT molecular complexity index is 894. The smallest absolute Gasteiger partial charge is 0.778 e. The van der Waals surface area contributed by atoms with Crippen molar-refractivity contribution in [2.24, 2.45) is 0 Å². The summed E-state index contributed by atoms with van der Waals surface area (Å²) < 4.78 is 13.7. The number of halogens is 1. The SMILES string of the molecule is C=C.[CH2-]Nc1cc(C(/C=C\C)=C/C)c(-c2ccc(F)c(C(=O)O)c2)cc1[S-].[K+]. The molecule has 6 heteroatoms. The Morgan fingerprint density at radius 2 is 1.86 bits per heavy atom. The fraction of sp³-hybridized carbons (Fsp3) is 0.0909. The molecule has 0 spiro atoms. The summed E-state index contributed by atoms with van der Waals surface area (Å²) in [5, 5.41) is 12.0. The topological polar surface area (TPSA) is 49.3 Å². The van der Waals surface area contributed by atoms with Crippen molar-refractivity contribution < 1.29 is 65.7 Å². The molecule has 0 unspecified atom stereocenters. The van der Waals surface area contributed by atoms with Gasteiger partial charge in [0.2, 0.25) is 0 Å². The molecule has 0 amide bonds. The van der Waals surface area contributed by atoms with Crippen molar-refractivity contribution in [2.45, 2.75) is 18.7 Å². The van der Waals surface area contributed by atoms with Crippen molar-refractivity contribution in [3.8, 4) is 11.1 Å². The molecule has 0 atom stereocenters.